The number of fused-ring (bicyclic) bond motifs is 2. The predicted octanol–water partition coefficient (Wildman–Crippen LogP) is 7.81. The van der Waals surface area contributed by atoms with Gasteiger partial charge in [0.1, 0.15) is 0 Å². The molecule has 0 radical (unpaired) electrons. The molecule has 0 saturated carbocycles. The van der Waals surface area contributed by atoms with Gasteiger partial charge in [-0.15, -0.1) is 6.58 Å². The molecule has 0 aromatic heterocycles. The summed E-state index contributed by atoms with van der Waals surface area (Å²) in [5.74, 6) is 6.74. The number of para-hydroxylation sites is 1. The van der Waals surface area contributed by atoms with Crippen molar-refractivity contribution in [3.63, 3.8) is 0 Å². The van der Waals surface area contributed by atoms with Gasteiger partial charge in [0.25, 0.3) is 0 Å². The van der Waals surface area contributed by atoms with E-state index in [1.54, 1.807) is 0 Å². The zero-order chi connectivity index (χ0) is 36.8. The van der Waals surface area contributed by atoms with Gasteiger partial charge >= 0.3 is 0 Å². The fourth-order valence-electron chi connectivity index (χ4n) is 6.03. The maximum absolute atomic E-state index is 6.26. The molecule has 7 nitrogen and oxygen atoms in total. The van der Waals surface area contributed by atoms with Gasteiger partial charge in [0, 0.05) is 58.7 Å². The van der Waals surface area contributed by atoms with Crippen LogP contribution >= 0.6 is 0 Å². The molecule has 0 spiro atoms. The standard InChI is InChI=1S/C44H63N7/c1-7-8-19-35(3)50-43(26-16-18-31-47-37(5)42(46)25-15-17-30-45)38(6)49-33-48-34(2)20-9-10-21-36(4)51-32-41-24-12-11-22-39(41)28-29-40-23-13-14-27-44(40)51/h7,11-14,22-24,27,42-43,47-50H,1-6,8-10,15-21,25-26,30-33,45-46H2. The molecule has 7 heteroatoms. The molecule has 1 heterocycles. The van der Waals surface area contributed by atoms with Crippen molar-refractivity contribution in [3.05, 3.63) is 139 Å². The van der Waals surface area contributed by atoms with E-state index < -0.39 is 0 Å². The first-order chi connectivity index (χ1) is 24.7. The average molecular weight is 690 g/mol. The Morgan fingerprint density at radius 2 is 1.47 bits per heavy atom. The fraction of sp³-hybridized carbons (Fsp3) is 0.409. The molecule has 8 N–H and O–H groups in total. The number of anilines is 1. The molecule has 2 unspecified atom stereocenters. The predicted molar refractivity (Wildman–Crippen MR) is 219 cm³/mol. The van der Waals surface area contributed by atoms with Crippen LogP contribution in [-0.2, 0) is 6.54 Å². The molecular formula is C44H63N7. The lowest BCUT2D eigenvalue weighted by atomic mass is 10.0. The van der Waals surface area contributed by atoms with Crippen LogP contribution in [0.1, 0.15) is 93.7 Å². The Hall–Kier alpha value is -4.64. The SMILES string of the molecule is C=CCCC(=C)NC(CCCCNC(=C)C(N)CCCCN)C(=C)NCNC(=C)CCCCC(=C)N1Cc2ccccc2C#Cc2ccccc21. The number of nitrogens with zero attached hydrogens (tertiary/aromatic N) is 1. The molecule has 1 aliphatic heterocycles. The second-order valence-electron chi connectivity index (χ2n) is 13.4. The quantitative estimate of drug-likeness (QED) is 0.0246. The molecule has 0 aliphatic carbocycles. The van der Waals surface area contributed by atoms with Crippen molar-refractivity contribution in [3.8, 4) is 11.8 Å². The van der Waals surface area contributed by atoms with Crippen molar-refractivity contribution in [1.29, 1.82) is 0 Å². The van der Waals surface area contributed by atoms with Gasteiger partial charge in [0.05, 0.1) is 18.4 Å². The number of rotatable bonds is 27. The Bertz CT molecular complexity index is 1530. The summed E-state index contributed by atoms with van der Waals surface area (Å²) >= 11 is 0. The third kappa shape index (κ3) is 14.6. The average Bonchev–Trinajstić information content (AvgIpc) is 3.12. The molecule has 274 valence electrons. The largest absolute Gasteiger partial charge is 0.388 e. The van der Waals surface area contributed by atoms with Crippen LogP contribution in [0.25, 0.3) is 0 Å². The number of hydrogen-bond donors (Lipinski definition) is 6. The van der Waals surface area contributed by atoms with E-state index in [9.17, 15) is 0 Å². The van der Waals surface area contributed by atoms with Gasteiger partial charge in [-0.3, -0.25) is 0 Å². The third-order valence-corrected chi connectivity index (χ3v) is 9.24. The molecule has 1 aliphatic rings. The Morgan fingerprint density at radius 1 is 0.765 bits per heavy atom. The topological polar surface area (TPSA) is 103 Å². The Morgan fingerprint density at radius 3 is 2.25 bits per heavy atom. The Kier molecular flexibility index (Phi) is 18.4. The monoisotopic (exact) mass is 690 g/mol. The normalized spacial score (nSPS) is 12.7. The molecule has 51 heavy (non-hydrogen) atoms. The van der Waals surface area contributed by atoms with E-state index in [0.717, 1.165) is 135 Å². The summed E-state index contributed by atoms with van der Waals surface area (Å²) in [6, 6.07) is 16.8. The fourth-order valence-corrected chi connectivity index (χ4v) is 6.03. The first kappa shape index (κ1) is 40.8. The van der Waals surface area contributed by atoms with E-state index in [1.165, 1.54) is 5.56 Å². The van der Waals surface area contributed by atoms with Gasteiger partial charge in [0.2, 0.25) is 0 Å². The number of hydrogen-bond acceptors (Lipinski definition) is 7. The van der Waals surface area contributed by atoms with Gasteiger partial charge in [-0.05, 0) is 101 Å². The van der Waals surface area contributed by atoms with Crippen LogP contribution in [0.5, 0.6) is 0 Å². The van der Waals surface area contributed by atoms with Crippen molar-refractivity contribution < 1.29 is 0 Å². The van der Waals surface area contributed by atoms with E-state index in [-0.39, 0.29) is 12.1 Å². The highest BCUT2D eigenvalue weighted by Gasteiger charge is 2.18. The first-order valence-electron chi connectivity index (χ1n) is 18.7. The number of unbranched alkanes of at least 4 members (excludes halogenated alkanes) is 3. The van der Waals surface area contributed by atoms with Gasteiger partial charge in [0.15, 0.2) is 0 Å². The lowest BCUT2D eigenvalue weighted by Crippen LogP contribution is -2.38. The minimum absolute atomic E-state index is 0.0358. The molecular weight excluding hydrogens is 627 g/mol. The molecule has 0 fully saturated rings. The van der Waals surface area contributed by atoms with Crippen LogP contribution in [-0.4, -0.2) is 31.8 Å². The number of nitrogens with one attached hydrogen (secondary N) is 4. The van der Waals surface area contributed by atoms with Gasteiger partial charge in [-0.2, -0.15) is 0 Å². The summed E-state index contributed by atoms with van der Waals surface area (Å²) in [5.41, 5.74) is 21.3. The van der Waals surface area contributed by atoms with Crippen molar-refractivity contribution in [2.45, 2.75) is 95.7 Å². The lowest BCUT2D eigenvalue weighted by molar-refractivity contribution is 0.500. The number of nitrogens with two attached hydrogens (primary N) is 2. The molecule has 0 bridgehead atoms. The Labute approximate surface area is 309 Å². The highest BCUT2D eigenvalue weighted by atomic mass is 15.1. The van der Waals surface area contributed by atoms with Gasteiger partial charge < -0.3 is 37.6 Å². The molecule has 3 rings (SSSR count). The van der Waals surface area contributed by atoms with Crippen molar-refractivity contribution in [2.75, 3.05) is 24.7 Å². The molecule has 0 saturated heterocycles. The van der Waals surface area contributed by atoms with Crippen molar-refractivity contribution in [1.82, 2.24) is 21.3 Å². The maximum Gasteiger partial charge on any atom is 0.0844 e. The minimum Gasteiger partial charge on any atom is -0.388 e. The highest BCUT2D eigenvalue weighted by molar-refractivity contribution is 5.66. The minimum atomic E-state index is -0.0358. The summed E-state index contributed by atoms with van der Waals surface area (Å²) in [6.07, 6.45) is 13.4. The van der Waals surface area contributed by atoms with Crippen LogP contribution in [0.2, 0.25) is 0 Å². The molecule has 2 atom stereocenters. The first-order valence-corrected chi connectivity index (χ1v) is 18.7. The highest BCUT2D eigenvalue weighted by Crippen LogP contribution is 2.30. The van der Waals surface area contributed by atoms with Crippen LogP contribution in [0.15, 0.2) is 123 Å². The molecule has 0 amide bonds. The van der Waals surface area contributed by atoms with Crippen LogP contribution in [0, 0.1) is 11.8 Å². The molecule has 2 aromatic carbocycles. The van der Waals surface area contributed by atoms with Gasteiger partial charge in [-0.1, -0.05) is 87.6 Å². The van der Waals surface area contributed by atoms with Crippen LogP contribution in [0.4, 0.5) is 5.69 Å². The van der Waals surface area contributed by atoms with E-state index in [0.29, 0.717) is 13.2 Å². The zero-order valence-electron chi connectivity index (χ0n) is 31.0. The second-order valence-corrected chi connectivity index (χ2v) is 13.4. The lowest BCUT2D eigenvalue weighted by Gasteiger charge is -2.29. The van der Waals surface area contributed by atoms with E-state index in [1.807, 2.05) is 18.2 Å². The van der Waals surface area contributed by atoms with E-state index in [2.05, 4.69) is 114 Å². The summed E-state index contributed by atoms with van der Waals surface area (Å²) < 4.78 is 0. The number of benzene rings is 2. The Balaban J connectivity index is 1.40. The summed E-state index contributed by atoms with van der Waals surface area (Å²) in [6.45, 7) is 28.2. The van der Waals surface area contributed by atoms with Crippen LogP contribution < -0.4 is 37.6 Å². The maximum atomic E-state index is 6.26. The van der Waals surface area contributed by atoms with E-state index >= 15 is 0 Å². The number of allylic oxidation sites excluding steroid dienone is 4. The summed E-state index contributed by atoms with van der Waals surface area (Å²) in [7, 11) is 0. The smallest absolute Gasteiger partial charge is 0.0844 e. The summed E-state index contributed by atoms with van der Waals surface area (Å²) in [4.78, 5) is 2.33. The molecule has 2 aromatic rings. The van der Waals surface area contributed by atoms with Gasteiger partial charge in [-0.25, -0.2) is 0 Å². The van der Waals surface area contributed by atoms with Crippen LogP contribution in [0.3, 0.4) is 0 Å². The second kappa shape index (κ2) is 23.0. The summed E-state index contributed by atoms with van der Waals surface area (Å²) in [5, 5.41) is 13.9. The van der Waals surface area contributed by atoms with Crippen molar-refractivity contribution >= 4 is 5.69 Å². The third-order valence-electron chi connectivity index (χ3n) is 9.24. The van der Waals surface area contributed by atoms with E-state index in [4.69, 9.17) is 11.5 Å². The van der Waals surface area contributed by atoms with Crippen molar-refractivity contribution in [2.24, 2.45) is 11.5 Å². The zero-order valence-corrected chi connectivity index (χ0v) is 31.0.